The highest BCUT2D eigenvalue weighted by Gasteiger charge is 2.10. The van der Waals surface area contributed by atoms with Crippen molar-refractivity contribution in [2.24, 2.45) is 4.99 Å². The van der Waals surface area contributed by atoms with Crippen molar-refractivity contribution in [3.63, 3.8) is 0 Å². The highest BCUT2D eigenvalue weighted by atomic mass is 35.5. The maximum absolute atomic E-state index is 12.9. The van der Waals surface area contributed by atoms with Gasteiger partial charge in [0.2, 0.25) is 0 Å². The number of nitrogens with zero attached hydrogens (tertiary/aromatic N) is 2. The minimum atomic E-state index is -0.483. The first kappa shape index (κ1) is 7.68. The van der Waals surface area contributed by atoms with Gasteiger partial charge in [0.25, 0.3) is 0 Å². The van der Waals surface area contributed by atoms with Crippen molar-refractivity contribution in [1.29, 1.82) is 0 Å². The summed E-state index contributed by atoms with van der Waals surface area (Å²) in [4.78, 5) is 7.93. The third kappa shape index (κ3) is 1.20. The van der Waals surface area contributed by atoms with E-state index in [4.69, 9.17) is 11.6 Å². The predicted molar refractivity (Wildman–Crippen MR) is 45.4 cm³/mol. The monoisotopic (exact) mass is 184 g/mol. The van der Waals surface area contributed by atoms with Gasteiger partial charge in [-0.3, -0.25) is 4.99 Å². The van der Waals surface area contributed by atoms with Crippen molar-refractivity contribution in [2.45, 2.75) is 6.42 Å². The summed E-state index contributed by atoms with van der Waals surface area (Å²) >= 11 is 5.52. The van der Waals surface area contributed by atoms with E-state index in [2.05, 4.69) is 9.98 Å². The fourth-order valence-corrected chi connectivity index (χ4v) is 1.32. The van der Waals surface area contributed by atoms with E-state index < -0.39 is 5.82 Å². The zero-order valence-electron chi connectivity index (χ0n) is 6.22. The van der Waals surface area contributed by atoms with E-state index in [-0.39, 0.29) is 5.15 Å². The lowest BCUT2D eigenvalue weighted by Crippen LogP contribution is -2.06. The molecule has 2 rings (SSSR count). The molecule has 0 aliphatic carbocycles. The van der Waals surface area contributed by atoms with E-state index in [9.17, 15) is 4.39 Å². The van der Waals surface area contributed by atoms with Crippen LogP contribution in [0.2, 0.25) is 5.15 Å². The second-order valence-corrected chi connectivity index (χ2v) is 2.94. The second kappa shape index (κ2) is 2.83. The molecular weight excluding hydrogens is 179 g/mol. The lowest BCUT2D eigenvalue weighted by molar-refractivity contribution is 0.618. The van der Waals surface area contributed by atoms with Crippen LogP contribution < -0.4 is 0 Å². The lowest BCUT2D eigenvalue weighted by Gasteiger charge is -2.08. The van der Waals surface area contributed by atoms with Gasteiger partial charge in [-0.05, 0) is 6.07 Å². The van der Waals surface area contributed by atoms with Crippen LogP contribution in [0.4, 0.5) is 4.39 Å². The molecule has 0 saturated heterocycles. The maximum Gasteiger partial charge on any atom is 0.165 e. The van der Waals surface area contributed by atoms with Crippen LogP contribution in [0.5, 0.6) is 0 Å². The molecule has 1 aliphatic heterocycles. The molecule has 2 nitrogen and oxygen atoms in total. The Bertz CT molecular complexity index is 349. The first-order chi connectivity index (χ1) is 5.77. The molecule has 0 N–H and O–H groups in total. The van der Waals surface area contributed by atoms with Gasteiger partial charge < -0.3 is 0 Å². The Morgan fingerprint density at radius 1 is 1.50 bits per heavy atom. The number of aliphatic imine (C=N–C) groups is 1. The standard InChI is InChI=1S/C8H6ClFN2/c9-8-6(10)3-5-4-11-2-1-7(5)12-8/h3-4H,1-2H2. The molecule has 0 aromatic carbocycles. The van der Waals surface area contributed by atoms with Crippen molar-refractivity contribution in [3.05, 3.63) is 28.3 Å². The normalized spacial score (nSPS) is 14.5. The van der Waals surface area contributed by atoms with Crippen molar-refractivity contribution in [1.82, 2.24) is 4.98 Å². The third-order valence-corrected chi connectivity index (χ3v) is 2.02. The van der Waals surface area contributed by atoms with Gasteiger partial charge in [-0.15, -0.1) is 0 Å². The van der Waals surface area contributed by atoms with Gasteiger partial charge in [-0.25, -0.2) is 9.37 Å². The highest BCUT2D eigenvalue weighted by Crippen LogP contribution is 2.17. The van der Waals surface area contributed by atoms with Crippen LogP contribution >= 0.6 is 11.6 Å². The Morgan fingerprint density at radius 3 is 3.17 bits per heavy atom. The third-order valence-electron chi connectivity index (χ3n) is 1.75. The smallest absolute Gasteiger partial charge is 0.165 e. The van der Waals surface area contributed by atoms with E-state index in [1.807, 2.05) is 0 Å². The average Bonchev–Trinajstić information content (AvgIpc) is 2.07. The minimum Gasteiger partial charge on any atom is -0.292 e. The topological polar surface area (TPSA) is 25.2 Å². The summed E-state index contributed by atoms with van der Waals surface area (Å²) in [6.45, 7) is 0.710. The molecule has 0 radical (unpaired) electrons. The summed E-state index contributed by atoms with van der Waals surface area (Å²) in [5.74, 6) is -0.483. The van der Waals surface area contributed by atoms with Crippen molar-refractivity contribution in [3.8, 4) is 0 Å². The molecule has 1 aromatic rings. The van der Waals surface area contributed by atoms with Crippen molar-refractivity contribution in [2.75, 3.05) is 6.54 Å². The van der Waals surface area contributed by atoms with E-state index in [0.717, 1.165) is 17.7 Å². The maximum atomic E-state index is 12.9. The van der Waals surface area contributed by atoms with Gasteiger partial charge in [0.15, 0.2) is 11.0 Å². The van der Waals surface area contributed by atoms with Gasteiger partial charge in [0.1, 0.15) is 0 Å². The summed E-state index contributed by atoms with van der Waals surface area (Å²) < 4.78 is 12.9. The Kier molecular flexibility index (Phi) is 1.81. The summed E-state index contributed by atoms with van der Waals surface area (Å²) in [7, 11) is 0. The van der Waals surface area contributed by atoms with Gasteiger partial charge >= 0.3 is 0 Å². The number of halogens is 2. The van der Waals surface area contributed by atoms with Crippen LogP contribution in [0, 0.1) is 5.82 Å². The number of hydrogen-bond donors (Lipinski definition) is 0. The summed E-state index contributed by atoms with van der Waals surface area (Å²) in [6.07, 6.45) is 2.37. The van der Waals surface area contributed by atoms with Crippen molar-refractivity contribution < 1.29 is 4.39 Å². The van der Waals surface area contributed by atoms with Gasteiger partial charge in [-0.2, -0.15) is 0 Å². The number of hydrogen-bond acceptors (Lipinski definition) is 2. The lowest BCUT2D eigenvalue weighted by atomic mass is 10.1. The highest BCUT2D eigenvalue weighted by molar-refractivity contribution is 6.29. The molecule has 0 amide bonds. The fourth-order valence-electron chi connectivity index (χ4n) is 1.16. The molecule has 1 aliphatic rings. The SMILES string of the molecule is Fc1cc2c(nc1Cl)CCN=C2. The molecule has 2 heterocycles. The molecule has 1 aromatic heterocycles. The fraction of sp³-hybridized carbons (Fsp3) is 0.250. The number of fused-ring (bicyclic) bond motifs is 1. The molecule has 12 heavy (non-hydrogen) atoms. The first-order valence-electron chi connectivity index (χ1n) is 3.62. The molecule has 0 fully saturated rings. The van der Waals surface area contributed by atoms with Crippen LogP contribution in [0.15, 0.2) is 11.1 Å². The summed E-state index contributed by atoms with van der Waals surface area (Å²) in [5.41, 5.74) is 1.57. The van der Waals surface area contributed by atoms with E-state index in [0.29, 0.717) is 6.54 Å². The zero-order valence-corrected chi connectivity index (χ0v) is 6.98. The Morgan fingerprint density at radius 2 is 2.33 bits per heavy atom. The van der Waals surface area contributed by atoms with Crippen LogP contribution in [0.25, 0.3) is 0 Å². The Labute approximate surface area is 74.1 Å². The van der Waals surface area contributed by atoms with E-state index in [1.54, 1.807) is 6.21 Å². The Balaban J connectivity index is 2.58. The van der Waals surface area contributed by atoms with E-state index in [1.165, 1.54) is 6.07 Å². The van der Waals surface area contributed by atoms with E-state index >= 15 is 0 Å². The van der Waals surface area contributed by atoms with Gasteiger partial charge in [0.05, 0.1) is 5.69 Å². The second-order valence-electron chi connectivity index (χ2n) is 2.58. The minimum absolute atomic E-state index is 0.0518. The van der Waals surface area contributed by atoms with Crippen LogP contribution in [0.1, 0.15) is 11.3 Å². The summed E-state index contributed by atoms with van der Waals surface area (Å²) in [6, 6.07) is 1.37. The molecule has 4 heteroatoms. The van der Waals surface area contributed by atoms with Crippen LogP contribution in [0.3, 0.4) is 0 Å². The van der Waals surface area contributed by atoms with Gasteiger partial charge in [-0.1, -0.05) is 11.6 Å². The van der Waals surface area contributed by atoms with Crippen molar-refractivity contribution >= 4 is 17.8 Å². The molecule has 0 unspecified atom stereocenters. The molecule has 0 saturated carbocycles. The van der Waals surface area contributed by atoms with Gasteiger partial charge in [0, 0.05) is 24.7 Å². The average molecular weight is 185 g/mol. The molecule has 62 valence electrons. The molecular formula is C8H6ClFN2. The van der Waals surface area contributed by atoms with Crippen LogP contribution in [-0.4, -0.2) is 17.7 Å². The summed E-state index contributed by atoms with van der Waals surface area (Å²) in [5, 5.41) is -0.0518. The molecule has 0 atom stereocenters. The Hall–Kier alpha value is -0.960. The quantitative estimate of drug-likeness (QED) is 0.565. The van der Waals surface area contributed by atoms with Crippen LogP contribution in [-0.2, 0) is 6.42 Å². The zero-order chi connectivity index (χ0) is 8.55. The molecule has 0 spiro atoms. The number of aromatic nitrogens is 1. The first-order valence-corrected chi connectivity index (χ1v) is 4.00. The largest absolute Gasteiger partial charge is 0.292 e. The number of pyridine rings is 1. The molecule has 0 bridgehead atoms. The predicted octanol–water partition coefficient (Wildman–Crippen LogP) is 1.85. The number of rotatable bonds is 0.